The van der Waals surface area contributed by atoms with Gasteiger partial charge in [-0.25, -0.2) is 0 Å². The molecule has 9 heteroatoms. The van der Waals surface area contributed by atoms with Crippen molar-refractivity contribution in [2.75, 3.05) is 5.32 Å². The van der Waals surface area contributed by atoms with Crippen LogP contribution in [-0.4, -0.2) is 52.3 Å². The van der Waals surface area contributed by atoms with Gasteiger partial charge in [0, 0.05) is 5.69 Å². The van der Waals surface area contributed by atoms with Gasteiger partial charge in [0.2, 0.25) is 0 Å². The molecule has 1 aromatic rings. The summed E-state index contributed by atoms with van der Waals surface area (Å²) >= 11 is 0. The normalized spacial score (nSPS) is 32.6. The first-order chi connectivity index (χ1) is 10.2. The third-order valence-electron chi connectivity index (χ3n) is 3.25. The standard InChI is InChI=1S/C13H16F3NO5/c1-6-9(18)10(19)11(20)12(21-6)17-7-2-4-8(5-3-7)22-13(14,15)16/h2-6,9-12,17-20H,1H3/t6-,9+,10+,11+,12-/m1/s1. The summed E-state index contributed by atoms with van der Waals surface area (Å²) in [4.78, 5) is 0. The lowest BCUT2D eigenvalue weighted by Crippen LogP contribution is -2.58. The highest BCUT2D eigenvalue weighted by molar-refractivity contribution is 5.47. The number of anilines is 1. The van der Waals surface area contributed by atoms with Gasteiger partial charge in [0.25, 0.3) is 0 Å². The van der Waals surface area contributed by atoms with Crippen LogP contribution in [-0.2, 0) is 4.74 Å². The fraction of sp³-hybridized carbons (Fsp3) is 0.538. The topological polar surface area (TPSA) is 91.2 Å². The smallest absolute Gasteiger partial charge is 0.406 e. The van der Waals surface area contributed by atoms with E-state index >= 15 is 0 Å². The zero-order valence-electron chi connectivity index (χ0n) is 11.5. The van der Waals surface area contributed by atoms with E-state index in [0.29, 0.717) is 5.69 Å². The van der Waals surface area contributed by atoms with Crippen LogP contribution in [0.15, 0.2) is 24.3 Å². The molecule has 1 fully saturated rings. The Labute approximate surface area is 124 Å². The summed E-state index contributed by atoms with van der Waals surface area (Å²) in [5, 5.41) is 31.8. The molecule has 0 bridgehead atoms. The first kappa shape index (κ1) is 16.8. The SMILES string of the molecule is C[C@H]1O[C@@H](Nc2ccc(OC(F)(F)F)cc2)[C@@H](O)[C@@H](O)[C@H]1O. The second kappa shape index (κ2) is 6.29. The highest BCUT2D eigenvalue weighted by Crippen LogP contribution is 2.26. The second-order valence-corrected chi connectivity index (χ2v) is 4.95. The summed E-state index contributed by atoms with van der Waals surface area (Å²) in [6.07, 6.45) is -10.5. The summed E-state index contributed by atoms with van der Waals surface area (Å²) in [5.41, 5.74) is 0.356. The van der Waals surface area contributed by atoms with Gasteiger partial charge in [-0.1, -0.05) is 0 Å². The lowest BCUT2D eigenvalue weighted by molar-refractivity contribution is -0.274. The minimum absolute atomic E-state index is 0.356. The van der Waals surface area contributed by atoms with Gasteiger partial charge in [0.15, 0.2) is 6.23 Å². The Balaban J connectivity index is 2.01. The second-order valence-electron chi connectivity index (χ2n) is 4.95. The minimum Gasteiger partial charge on any atom is -0.406 e. The van der Waals surface area contributed by atoms with Crippen molar-refractivity contribution < 1.29 is 38.0 Å². The van der Waals surface area contributed by atoms with E-state index < -0.39 is 37.0 Å². The molecule has 2 rings (SSSR count). The summed E-state index contributed by atoms with van der Waals surface area (Å²) in [5.74, 6) is -0.382. The molecule has 1 heterocycles. The van der Waals surface area contributed by atoms with Crippen LogP contribution in [0.3, 0.4) is 0 Å². The number of halogens is 3. The molecule has 4 N–H and O–H groups in total. The molecule has 0 radical (unpaired) electrons. The van der Waals surface area contributed by atoms with Gasteiger partial charge in [0.05, 0.1) is 6.10 Å². The van der Waals surface area contributed by atoms with E-state index in [0.717, 1.165) is 12.1 Å². The Hall–Kier alpha value is -1.55. The molecule has 5 atom stereocenters. The molecular formula is C13H16F3NO5. The van der Waals surface area contributed by atoms with Gasteiger partial charge >= 0.3 is 6.36 Å². The molecule has 6 nitrogen and oxygen atoms in total. The lowest BCUT2D eigenvalue weighted by atomic mass is 9.99. The van der Waals surface area contributed by atoms with E-state index in [-0.39, 0.29) is 5.75 Å². The highest BCUT2D eigenvalue weighted by atomic mass is 19.4. The van der Waals surface area contributed by atoms with Crippen LogP contribution in [0.1, 0.15) is 6.92 Å². The van der Waals surface area contributed by atoms with E-state index in [9.17, 15) is 28.5 Å². The maximum absolute atomic E-state index is 12.0. The first-order valence-corrected chi connectivity index (χ1v) is 6.49. The van der Waals surface area contributed by atoms with Crippen LogP contribution in [0.25, 0.3) is 0 Å². The molecule has 1 aliphatic heterocycles. The predicted molar refractivity (Wildman–Crippen MR) is 69.1 cm³/mol. The molecule has 0 amide bonds. The Morgan fingerprint density at radius 3 is 2.18 bits per heavy atom. The fourth-order valence-corrected chi connectivity index (χ4v) is 2.09. The third kappa shape index (κ3) is 4.01. The van der Waals surface area contributed by atoms with E-state index in [1.165, 1.54) is 19.1 Å². The largest absolute Gasteiger partial charge is 0.573 e. The quantitative estimate of drug-likeness (QED) is 0.658. The third-order valence-corrected chi connectivity index (χ3v) is 3.25. The van der Waals surface area contributed by atoms with Crippen molar-refractivity contribution >= 4 is 5.69 Å². The summed E-state index contributed by atoms with van der Waals surface area (Å²) in [6.45, 7) is 1.52. The van der Waals surface area contributed by atoms with Crippen molar-refractivity contribution in [1.29, 1.82) is 0 Å². The van der Waals surface area contributed by atoms with Gasteiger partial charge in [-0.15, -0.1) is 13.2 Å². The van der Waals surface area contributed by atoms with Crippen LogP contribution >= 0.6 is 0 Å². The molecule has 1 saturated heterocycles. The number of nitrogens with one attached hydrogen (secondary N) is 1. The number of hydrogen-bond donors (Lipinski definition) is 4. The van der Waals surface area contributed by atoms with Crippen molar-refractivity contribution in [2.45, 2.75) is 43.9 Å². The first-order valence-electron chi connectivity index (χ1n) is 6.49. The molecule has 0 aliphatic carbocycles. The van der Waals surface area contributed by atoms with Crippen molar-refractivity contribution in [3.8, 4) is 5.75 Å². The van der Waals surface area contributed by atoms with E-state index in [1.807, 2.05) is 0 Å². The molecule has 0 unspecified atom stereocenters. The van der Waals surface area contributed by atoms with E-state index in [4.69, 9.17) is 4.74 Å². The van der Waals surface area contributed by atoms with Crippen molar-refractivity contribution in [3.63, 3.8) is 0 Å². The molecule has 0 saturated carbocycles. The zero-order chi connectivity index (χ0) is 16.5. The van der Waals surface area contributed by atoms with Gasteiger partial charge in [0.1, 0.15) is 24.1 Å². The Bertz CT molecular complexity index is 495. The van der Waals surface area contributed by atoms with Crippen molar-refractivity contribution in [2.24, 2.45) is 0 Å². The van der Waals surface area contributed by atoms with Crippen LogP contribution in [0, 0.1) is 0 Å². The lowest BCUT2D eigenvalue weighted by Gasteiger charge is -2.39. The van der Waals surface area contributed by atoms with Crippen LogP contribution < -0.4 is 10.1 Å². The molecule has 1 aliphatic rings. The zero-order valence-corrected chi connectivity index (χ0v) is 11.5. The highest BCUT2D eigenvalue weighted by Gasteiger charge is 2.41. The number of aliphatic hydroxyl groups is 3. The van der Waals surface area contributed by atoms with Crippen molar-refractivity contribution in [3.05, 3.63) is 24.3 Å². The summed E-state index contributed by atoms with van der Waals surface area (Å²) < 4.78 is 45.2. The van der Waals surface area contributed by atoms with Crippen LogP contribution in [0.5, 0.6) is 5.75 Å². The van der Waals surface area contributed by atoms with Crippen LogP contribution in [0.4, 0.5) is 18.9 Å². The van der Waals surface area contributed by atoms with E-state index in [1.54, 1.807) is 0 Å². The number of hydrogen-bond acceptors (Lipinski definition) is 6. The Kier molecular flexibility index (Phi) is 4.81. The number of alkyl halides is 3. The average molecular weight is 323 g/mol. The number of ether oxygens (including phenoxy) is 2. The number of rotatable bonds is 3. The maximum Gasteiger partial charge on any atom is 0.573 e. The Morgan fingerprint density at radius 1 is 1.05 bits per heavy atom. The average Bonchev–Trinajstić information content (AvgIpc) is 2.43. The molecule has 124 valence electrons. The van der Waals surface area contributed by atoms with Gasteiger partial charge in [-0.2, -0.15) is 0 Å². The fourth-order valence-electron chi connectivity index (χ4n) is 2.09. The number of benzene rings is 1. The predicted octanol–water partition coefficient (Wildman–Crippen LogP) is 0.825. The van der Waals surface area contributed by atoms with Crippen LogP contribution in [0.2, 0.25) is 0 Å². The van der Waals surface area contributed by atoms with Gasteiger partial charge in [-0.05, 0) is 31.2 Å². The minimum atomic E-state index is -4.77. The Morgan fingerprint density at radius 2 is 1.64 bits per heavy atom. The maximum atomic E-state index is 12.0. The summed E-state index contributed by atoms with van der Waals surface area (Å²) in [7, 11) is 0. The van der Waals surface area contributed by atoms with Gasteiger partial charge < -0.3 is 30.1 Å². The van der Waals surface area contributed by atoms with Crippen molar-refractivity contribution in [1.82, 2.24) is 0 Å². The van der Waals surface area contributed by atoms with E-state index in [2.05, 4.69) is 10.1 Å². The summed E-state index contributed by atoms with van der Waals surface area (Å²) in [6, 6.07) is 4.80. The molecule has 0 spiro atoms. The molecular weight excluding hydrogens is 307 g/mol. The molecule has 0 aromatic heterocycles. The molecule has 22 heavy (non-hydrogen) atoms. The van der Waals surface area contributed by atoms with Gasteiger partial charge in [-0.3, -0.25) is 0 Å². The molecule has 1 aromatic carbocycles. The monoisotopic (exact) mass is 323 g/mol. The number of aliphatic hydroxyl groups excluding tert-OH is 3.